The first kappa shape index (κ1) is 23.2. The number of carbonyl (C=O) groups excluding carboxylic acids is 2. The molecule has 2 N–H and O–H groups in total. The van der Waals surface area contributed by atoms with Crippen LogP contribution >= 0.6 is 0 Å². The maximum atomic E-state index is 13.3. The molecular weight excluding hydrogens is 410 g/mol. The molecule has 0 unspecified atom stereocenters. The summed E-state index contributed by atoms with van der Waals surface area (Å²) >= 11 is 0. The topological polar surface area (TPSA) is 114 Å². The quantitative estimate of drug-likeness (QED) is 0.548. The van der Waals surface area contributed by atoms with E-state index in [4.69, 9.17) is 9.47 Å². The van der Waals surface area contributed by atoms with E-state index in [0.717, 1.165) is 4.31 Å². The Morgan fingerprint density at radius 2 is 1.63 bits per heavy atom. The van der Waals surface area contributed by atoms with Crippen molar-refractivity contribution in [1.82, 2.24) is 5.32 Å². The lowest BCUT2D eigenvalue weighted by Crippen LogP contribution is -2.41. The van der Waals surface area contributed by atoms with Crippen LogP contribution in [0.4, 0.5) is 11.4 Å². The van der Waals surface area contributed by atoms with Gasteiger partial charge in [-0.05, 0) is 48.5 Å². The summed E-state index contributed by atoms with van der Waals surface area (Å²) in [6.07, 6.45) is 0. The summed E-state index contributed by atoms with van der Waals surface area (Å²) in [6.45, 7) is 1.52. The van der Waals surface area contributed by atoms with E-state index in [9.17, 15) is 18.0 Å². The molecule has 0 radical (unpaired) electrons. The van der Waals surface area contributed by atoms with Crippen molar-refractivity contribution < 1.29 is 27.5 Å². The molecule has 0 spiro atoms. The van der Waals surface area contributed by atoms with Gasteiger partial charge in [0.05, 0.1) is 24.3 Å². The zero-order valence-electron chi connectivity index (χ0n) is 17.0. The summed E-state index contributed by atoms with van der Waals surface area (Å²) in [5, 5.41) is 5.20. The number of nitrogens with one attached hydrogen (secondary N) is 2. The molecule has 0 saturated carbocycles. The van der Waals surface area contributed by atoms with Crippen LogP contribution in [0.3, 0.4) is 0 Å². The fraction of sp³-hybridized carbons (Fsp3) is 0.300. The number of methoxy groups -OCH3 is 2. The van der Waals surface area contributed by atoms with E-state index in [1.165, 1.54) is 45.4 Å². The Bertz CT molecular complexity index is 959. The number of amides is 2. The van der Waals surface area contributed by atoms with Crippen LogP contribution in [0.1, 0.15) is 6.92 Å². The van der Waals surface area contributed by atoms with Gasteiger partial charge in [-0.15, -0.1) is 0 Å². The third-order valence-corrected chi connectivity index (χ3v) is 5.83. The Morgan fingerprint density at radius 1 is 1.00 bits per heavy atom. The summed E-state index contributed by atoms with van der Waals surface area (Å²) in [6, 6.07) is 12.1. The zero-order chi connectivity index (χ0) is 22.1. The molecule has 2 rings (SSSR count). The standard InChI is InChI=1S/C20H25N3O6S/c1-15(24)22-16-4-10-19(11-5-16)30(26,27)23(14-20(25)21-12-13-28-2)17-6-8-18(29-3)9-7-17/h4-11H,12-14H2,1-3H3,(H,21,25)(H,22,24). The number of hydrogen-bond donors (Lipinski definition) is 2. The lowest BCUT2D eigenvalue weighted by Gasteiger charge is -2.24. The normalized spacial score (nSPS) is 10.9. The maximum Gasteiger partial charge on any atom is 0.264 e. The molecule has 0 atom stereocenters. The molecule has 0 heterocycles. The average Bonchev–Trinajstić information content (AvgIpc) is 2.72. The van der Waals surface area contributed by atoms with E-state index in [-0.39, 0.29) is 17.3 Å². The smallest absolute Gasteiger partial charge is 0.264 e. The second-order valence-corrected chi connectivity index (χ2v) is 8.12. The van der Waals surface area contributed by atoms with Crippen molar-refractivity contribution in [3.63, 3.8) is 0 Å². The Morgan fingerprint density at radius 3 is 2.17 bits per heavy atom. The first-order chi connectivity index (χ1) is 14.3. The van der Waals surface area contributed by atoms with E-state index >= 15 is 0 Å². The van der Waals surface area contributed by atoms with Gasteiger partial charge in [0.1, 0.15) is 12.3 Å². The number of benzene rings is 2. The molecule has 2 aromatic carbocycles. The highest BCUT2D eigenvalue weighted by Gasteiger charge is 2.27. The van der Waals surface area contributed by atoms with Crippen molar-refractivity contribution in [2.45, 2.75) is 11.8 Å². The van der Waals surface area contributed by atoms with Crippen molar-refractivity contribution in [1.29, 1.82) is 0 Å². The number of nitrogens with zero attached hydrogens (tertiary/aromatic N) is 1. The molecule has 0 aliphatic carbocycles. The molecule has 0 saturated heterocycles. The fourth-order valence-corrected chi connectivity index (χ4v) is 4.00. The van der Waals surface area contributed by atoms with Gasteiger partial charge in [-0.1, -0.05) is 0 Å². The first-order valence-electron chi connectivity index (χ1n) is 9.08. The van der Waals surface area contributed by atoms with Gasteiger partial charge in [-0.3, -0.25) is 13.9 Å². The second-order valence-electron chi connectivity index (χ2n) is 6.26. The van der Waals surface area contributed by atoms with Gasteiger partial charge in [0.25, 0.3) is 10.0 Å². The molecule has 0 aliphatic rings. The zero-order valence-corrected chi connectivity index (χ0v) is 17.9. The second kappa shape index (κ2) is 10.6. The Labute approximate surface area is 176 Å². The minimum Gasteiger partial charge on any atom is -0.497 e. The van der Waals surface area contributed by atoms with E-state index in [2.05, 4.69) is 10.6 Å². The summed E-state index contributed by atoms with van der Waals surface area (Å²) in [7, 11) is -1.05. The molecule has 0 aliphatic heterocycles. The lowest BCUT2D eigenvalue weighted by molar-refractivity contribution is -0.119. The Kier molecular flexibility index (Phi) is 8.19. The number of ether oxygens (including phenoxy) is 2. The summed E-state index contributed by atoms with van der Waals surface area (Å²) in [4.78, 5) is 23.5. The monoisotopic (exact) mass is 435 g/mol. The SMILES string of the molecule is COCCNC(=O)CN(c1ccc(OC)cc1)S(=O)(=O)c1ccc(NC(C)=O)cc1. The van der Waals surface area contributed by atoms with Crippen molar-refractivity contribution in [3.8, 4) is 5.75 Å². The average molecular weight is 436 g/mol. The molecule has 9 nitrogen and oxygen atoms in total. The molecule has 30 heavy (non-hydrogen) atoms. The highest BCUT2D eigenvalue weighted by atomic mass is 32.2. The van der Waals surface area contributed by atoms with Gasteiger partial charge in [0.2, 0.25) is 11.8 Å². The molecular formula is C20H25N3O6S. The van der Waals surface area contributed by atoms with Crippen LogP contribution < -0.4 is 19.7 Å². The summed E-state index contributed by atoms with van der Waals surface area (Å²) in [5.74, 6) is -0.181. The molecule has 0 fully saturated rings. The third kappa shape index (κ3) is 6.19. The molecule has 0 aromatic heterocycles. The van der Waals surface area contributed by atoms with Crippen molar-refractivity contribution in [2.24, 2.45) is 0 Å². The van der Waals surface area contributed by atoms with Gasteiger partial charge in [-0.2, -0.15) is 0 Å². The van der Waals surface area contributed by atoms with E-state index < -0.39 is 22.5 Å². The van der Waals surface area contributed by atoms with Gasteiger partial charge in [0.15, 0.2) is 0 Å². The van der Waals surface area contributed by atoms with Crippen molar-refractivity contribution >= 4 is 33.2 Å². The minimum absolute atomic E-state index is 0.0166. The van der Waals surface area contributed by atoms with E-state index in [0.29, 0.717) is 23.7 Å². The summed E-state index contributed by atoms with van der Waals surface area (Å²) < 4.78 is 37.6. The van der Waals surface area contributed by atoms with Gasteiger partial charge >= 0.3 is 0 Å². The summed E-state index contributed by atoms with van der Waals surface area (Å²) in [5.41, 5.74) is 0.776. The fourth-order valence-electron chi connectivity index (χ4n) is 2.58. The van der Waals surface area contributed by atoms with Crippen molar-refractivity contribution in [3.05, 3.63) is 48.5 Å². The van der Waals surface area contributed by atoms with Crippen molar-refractivity contribution in [2.75, 3.05) is 43.5 Å². The van der Waals surface area contributed by atoms with Gasteiger partial charge in [0, 0.05) is 26.3 Å². The number of hydrogen-bond acceptors (Lipinski definition) is 6. The number of rotatable bonds is 10. The number of sulfonamides is 1. The van der Waals surface area contributed by atoms with Crippen LogP contribution in [0.25, 0.3) is 0 Å². The first-order valence-corrected chi connectivity index (χ1v) is 10.5. The van der Waals surface area contributed by atoms with Crippen LogP contribution in [0.2, 0.25) is 0 Å². The van der Waals surface area contributed by atoms with Crippen LogP contribution in [0.15, 0.2) is 53.4 Å². The predicted octanol–water partition coefficient (Wildman–Crippen LogP) is 1.61. The van der Waals surface area contributed by atoms with Crippen LogP contribution in [0.5, 0.6) is 5.75 Å². The molecule has 0 bridgehead atoms. The predicted molar refractivity (Wildman–Crippen MR) is 113 cm³/mol. The van der Waals surface area contributed by atoms with E-state index in [1.807, 2.05) is 0 Å². The molecule has 10 heteroatoms. The molecule has 2 aromatic rings. The minimum atomic E-state index is -4.06. The van der Waals surface area contributed by atoms with Gasteiger partial charge in [-0.25, -0.2) is 8.42 Å². The lowest BCUT2D eigenvalue weighted by atomic mass is 10.3. The van der Waals surface area contributed by atoms with Gasteiger partial charge < -0.3 is 20.1 Å². The molecule has 2 amide bonds. The maximum absolute atomic E-state index is 13.3. The third-order valence-electron chi connectivity index (χ3n) is 4.04. The Balaban J connectivity index is 2.35. The number of anilines is 2. The largest absolute Gasteiger partial charge is 0.497 e. The highest BCUT2D eigenvalue weighted by Crippen LogP contribution is 2.26. The molecule has 162 valence electrons. The Hall–Kier alpha value is -3.11. The number of carbonyl (C=O) groups is 2. The highest BCUT2D eigenvalue weighted by molar-refractivity contribution is 7.92. The van der Waals surface area contributed by atoms with Crippen LogP contribution in [0, 0.1) is 0 Å². The van der Waals surface area contributed by atoms with Crippen LogP contribution in [-0.2, 0) is 24.3 Å². The van der Waals surface area contributed by atoms with E-state index in [1.54, 1.807) is 24.3 Å². The van der Waals surface area contributed by atoms with Crippen LogP contribution in [-0.4, -0.2) is 54.1 Å².